The molecule has 26 heavy (non-hydrogen) atoms. The maximum atomic E-state index is 13.2. The van der Waals surface area contributed by atoms with E-state index in [0.717, 1.165) is 56.9 Å². The number of hydrogen-bond acceptors (Lipinski definition) is 3. The summed E-state index contributed by atoms with van der Waals surface area (Å²) >= 11 is 0. The van der Waals surface area contributed by atoms with Crippen LogP contribution in [-0.4, -0.2) is 42.1 Å². The summed E-state index contributed by atoms with van der Waals surface area (Å²) in [6.07, 6.45) is 2.08. The van der Waals surface area contributed by atoms with Crippen LogP contribution >= 0.6 is 12.4 Å². The van der Waals surface area contributed by atoms with Crippen molar-refractivity contribution >= 4 is 12.4 Å². The Morgan fingerprint density at radius 1 is 1.04 bits per heavy atom. The number of benzene rings is 2. The summed E-state index contributed by atoms with van der Waals surface area (Å²) in [6, 6.07) is 15.2. The molecule has 5 heteroatoms. The van der Waals surface area contributed by atoms with Gasteiger partial charge in [-0.15, -0.1) is 12.4 Å². The van der Waals surface area contributed by atoms with Gasteiger partial charge in [0, 0.05) is 51.1 Å². The lowest BCUT2D eigenvalue weighted by Crippen LogP contribution is -2.52. The monoisotopic (exact) mass is 376 g/mol. The summed E-state index contributed by atoms with van der Waals surface area (Å²) in [4.78, 5) is 4.82. The first-order chi connectivity index (χ1) is 12.1. The lowest BCUT2D eigenvalue weighted by Gasteiger charge is -2.42. The first-order valence-corrected chi connectivity index (χ1v) is 9.04. The Hall–Kier alpha value is -1.62. The Morgan fingerprint density at radius 3 is 2.46 bits per heavy atom. The molecule has 0 N–H and O–H groups in total. The van der Waals surface area contributed by atoms with E-state index in [1.165, 1.54) is 5.56 Å². The van der Waals surface area contributed by atoms with Gasteiger partial charge in [0.1, 0.15) is 17.2 Å². The molecular formula is C21H26ClFN2O. The third kappa shape index (κ3) is 4.20. The lowest BCUT2D eigenvalue weighted by molar-refractivity contribution is -0.0146. The number of para-hydroxylation sites is 1. The fourth-order valence-electron chi connectivity index (χ4n) is 3.95. The van der Waals surface area contributed by atoms with Crippen molar-refractivity contribution in [2.75, 3.05) is 26.7 Å². The molecule has 1 fully saturated rings. The Kier molecular flexibility index (Phi) is 5.86. The molecule has 4 rings (SSSR count). The van der Waals surface area contributed by atoms with Crippen LogP contribution in [0, 0.1) is 5.82 Å². The predicted molar refractivity (Wildman–Crippen MR) is 104 cm³/mol. The van der Waals surface area contributed by atoms with Gasteiger partial charge in [0.15, 0.2) is 0 Å². The fraction of sp³-hybridized carbons (Fsp3) is 0.429. The highest BCUT2D eigenvalue weighted by Gasteiger charge is 2.39. The van der Waals surface area contributed by atoms with Crippen molar-refractivity contribution in [3.05, 3.63) is 65.5 Å². The molecule has 0 bridgehead atoms. The van der Waals surface area contributed by atoms with Gasteiger partial charge in [0.05, 0.1) is 0 Å². The van der Waals surface area contributed by atoms with Crippen LogP contribution in [0.4, 0.5) is 4.39 Å². The summed E-state index contributed by atoms with van der Waals surface area (Å²) in [5.74, 6) is 0.841. The van der Waals surface area contributed by atoms with E-state index in [1.54, 1.807) is 12.1 Å². The number of rotatable bonds is 2. The molecule has 0 saturated carbocycles. The summed E-state index contributed by atoms with van der Waals surface area (Å²) in [6.45, 7) is 4.71. The van der Waals surface area contributed by atoms with E-state index < -0.39 is 0 Å². The van der Waals surface area contributed by atoms with E-state index in [4.69, 9.17) is 4.74 Å². The molecule has 0 radical (unpaired) electrons. The van der Waals surface area contributed by atoms with Crippen molar-refractivity contribution < 1.29 is 9.13 Å². The Morgan fingerprint density at radius 2 is 1.73 bits per heavy atom. The largest absolute Gasteiger partial charge is 0.486 e. The maximum absolute atomic E-state index is 13.2. The summed E-state index contributed by atoms with van der Waals surface area (Å²) < 4.78 is 19.8. The Labute approximate surface area is 161 Å². The zero-order valence-corrected chi connectivity index (χ0v) is 16.0. The molecule has 2 aliphatic heterocycles. The van der Waals surface area contributed by atoms with Crippen molar-refractivity contribution in [3.63, 3.8) is 0 Å². The number of piperidine rings is 1. The molecule has 0 atom stereocenters. The predicted octanol–water partition coefficient (Wildman–Crippen LogP) is 4.11. The number of fused-ring (bicyclic) bond motifs is 1. The summed E-state index contributed by atoms with van der Waals surface area (Å²) in [5, 5.41) is 0. The molecule has 0 aliphatic carbocycles. The van der Waals surface area contributed by atoms with Gasteiger partial charge in [-0.3, -0.25) is 4.90 Å². The van der Waals surface area contributed by atoms with Gasteiger partial charge in [-0.25, -0.2) is 4.39 Å². The van der Waals surface area contributed by atoms with Crippen molar-refractivity contribution in [1.29, 1.82) is 0 Å². The third-order valence-electron chi connectivity index (χ3n) is 5.42. The van der Waals surface area contributed by atoms with Crippen LogP contribution in [0.5, 0.6) is 5.75 Å². The molecule has 1 saturated heterocycles. The van der Waals surface area contributed by atoms with E-state index in [-0.39, 0.29) is 23.8 Å². The van der Waals surface area contributed by atoms with E-state index in [2.05, 4.69) is 41.1 Å². The third-order valence-corrected chi connectivity index (χ3v) is 5.42. The first-order valence-electron chi connectivity index (χ1n) is 9.04. The van der Waals surface area contributed by atoms with Gasteiger partial charge in [0.2, 0.25) is 0 Å². The second kappa shape index (κ2) is 7.95. The van der Waals surface area contributed by atoms with Crippen LogP contribution in [-0.2, 0) is 13.1 Å². The normalized spacial score (nSPS) is 19.9. The van der Waals surface area contributed by atoms with Gasteiger partial charge < -0.3 is 9.64 Å². The van der Waals surface area contributed by atoms with Gasteiger partial charge in [-0.2, -0.15) is 0 Å². The first kappa shape index (κ1) is 19.2. The molecule has 0 aromatic heterocycles. The summed E-state index contributed by atoms with van der Waals surface area (Å²) in [5.41, 5.74) is 2.25. The molecule has 2 aromatic carbocycles. The fourth-order valence-corrected chi connectivity index (χ4v) is 3.95. The quantitative estimate of drug-likeness (QED) is 0.784. The lowest BCUT2D eigenvalue weighted by atomic mass is 9.90. The van der Waals surface area contributed by atoms with Crippen LogP contribution in [0.25, 0.3) is 0 Å². The van der Waals surface area contributed by atoms with Crippen LogP contribution in [0.3, 0.4) is 0 Å². The number of nitrogens with zero attached hydrogens (tertiary/aromatic N) is 2. The van der Waals surface area contributed by atoms with Crippen LogP contribution in [0.2, 0.25) is 0 Å². The second-order valence-corrected chi connectivity index (χ2v) is 7.47. The van der Waals surface area contributed by atoms with Crippen LogP contribution in [0.15, 0.2) is 48.5 Å². The number of ether oxygens (including phenoxy) is 1. The maximum Gasteiger partial charge on any atom is 0.124 e. The van der Waals surface area contributed by atoms with Gasteiger partial charge in [-0.1, -0.05) is 30.3 Å². The average Bonchev–Trinajstić information content (AvgIpc) is 2.76. The Bertz CT molecular complexity index is 729. The minimum atomic E-state index is -0.180. The molecule has 140 valence electrons. The number of halogens is 2. The Balaban J connectivity index is 0.00000196. The average molecular weight is 377 g/mol. The molecule has 2 aromatic rings. The van der Waals surface area contributed by atoms with Gasteiger partial charge >= 0.3 is 0 Å². The molecule has 3 nitrogen and oxygen atoms in total. The zero-order valence-electron chi connectivity index (χ0n) is 15.2. The molecule has 2 aliphatic rings. The van der Waals surface area contributed by atoms with E-state index in [9.17, 15) is 4.39 Å². The molecule has 0 unspecified atom stereocenters. The molecule has 2 heterocycles. The molecular weight excluding hydrogens is 351 g/mol. The molecule has 0 amide bonds. The van der Waals surface area contributed by atoms with Crippen molar-refractivity contribution in [2.45, 2.75) is 31.5 Å². The van der Waals surface area contributed by atoms with Crippen LogP contribution < -0.4 is 4.74 Å². The van der Waals surface area contributed by atoms with E-state index >= 15 is 0 Å². The highest BCUT2D eigenvalue weighted by Crippen LogP contribution is 2.35. The van der Waals surface area contributed by atoms with E-state index in [1.807, 2.05) is 12.1 Å². The topological polar surface area (TPSA) is 15.7 Å². The highest BCUT2D eigenvalue weighted by atomic mass is 35.5. The molecule has 1 spiro atoms. The highest BCUT2D eigenvalue weighted by molar-refractivity contribution is 5.85. The SMILES string of the molecule is CN1CCC2(CC1)CN(Cc1ccc(F)cc1)Cc1ccccc1O2.Cl. The minimum absolute atomic E-state index is 0. The van der Waals surface area contributed by atoms with Crippen LogP contribution in [0.1, 0.15) is 24.0 Å². The second-order valence-electron chi connectivity index (χ2n) is 7.47. The van der Waals surface area contributed by atoms with E-state index in [0.29, 0.717) is 0 Å². The van der Waals surface area contributed by atoms with Crippen molar-refractivity contribution in [1.82, 2.24) is 9.80 Å². The standard InChI is InChI=1S/C21H25FN2O.ClH/c1-23-12-10-21(11-13-23)16-24(14-17-6-8-19(22)9-7-17)15-18-4-2-3-5-20(18)25-21;/h2-9H,10-16H2,1H3;1H. The van der Waals surface area contributed by atoms with Gasteiger partial charge in [0.25, 0.3) is 0 Å². The summed E-state index contributed by atoms with van der Waals surface area (Å²) in [7, 11) is 2.17. The zero-order chi connectivity index (χ0) is 17.3. The minimum Gasteiger partial charge on any atom is -0.486 e. The van der Waals surface area contributed by atoms with Gasteiger partial charge in [-0.05, 0) is 30.8 Å². The number of likely N-dealkylation sites (tertiary alicyclic amines) is 1. The van der Waals surface area contributed by atoms with Crippen molar-refractivity contribution in [3.8, 4) is 5.75 Å². The number of hydrogen-bond donors (Lipinski definition) is 0. The van der Waals surface area contributed by atoms with Crippen molar-refractivity contribution in [2.24, 2.45) is 0 Å². The smallest absolute Gasteiger partial charge is 0.124 e.